The molecule has 2 aromatic rings. The molecule has 3 rings (SSSR count). The predicted octanol–water partition coefficient (Wildman–Crippen LogP) is 2.85. The van der Waals surface area contributed by atoms with Crippen LogP contribution < -0.4 is 10.2 Å². The van der Waals surface area contributed by atoms with Gasteiger partial charge in [-0.15, -0.1) is 0 Å². The van der Waals surface area contributed by atoms with E-state index in [4.69, 9.17) is 4.74 Å². The molecule has 28 heavy (non-hydrogen) atoms. The van der Waals surface area contributed by atoms with Crippen molar-refractivity contribution < 1.29 is 22.3 Å². The highest BCUT2D eigenvalue weighted by atomic mass is 32.2. The molecule has 1 saturated heterocycles. The summed E-state index contributed by atoms with van der Waals surface area (Å²) in [5.74, 6) is -0.900. The summed E-state index contributed by atoms with van der Waals surface area (Å²) in [5, 5.41) is 1.89. The first-order chi connectivity index (χ1) is 13.4. The maximum Gasteiger partial charge on any atom is 0.225 e. The highest BCUT2D eigenvalue weighted by Gasteiger charge is 2.26. The molecule has 0 spiro atoms. The van der Waals surface area contributed by atoms with Crippen LogP contribution in [0.3, 0.4) is 0 Å². The van der Waals surface area contributed by atoms with E-state index in [1.54, 1.807) is 6.07 Å². The number of sulfone groups is 1. The fraction of sp³-hybridized carbons (Fsp3) is 0.350. The largest absolute Gasteiger partial charge is 0.378 e. The summed E-state index contributed by atoms with van der Waals surface area (Å²) in [6, 6.07) is 12.0. The van der Waals surface area contributed by atoms with E-state index in [9.17, 15) is 17.6 Å². The Kier molecular flexibility index (Phi) is 6.31. The number of hydrogen-bond acceptors (Lipinski definition) is 5. The average molecular weight is 406 g/mol. The number of morpholine rings is 1. The molecule has 1 unspecified atom stereocenters. The number of ether oxygens (including phenoxy) is 1. The number of carbonyl (C=O) groups is 1. The number of anilines is 2. The highest BCUT2D eigenvalue weighted by molar-refractivity contribution is 7.92. The highest BCUT2D eigenvalue weighted by Crippen LogP contribution is 2.27. The van der Waals surface area contributed by atoms with E-state index in [0.29, 0.717) is 18.9 Å². The van der Waals surface area contributed by atoms with Crippen molar-refractivity contribution in [3.05, 3.63) is 54.3 Å². The Morgan fingerprint density at radius 2 is 1.79 bits per heavy atom. The van der Waals surface area contributed by atoms with Crippen molar-refractivity contribution >= 4 is 27.1 Å². The van der Waals surface area contributed by atoms with Crippen LogP contribution >= 0.6 is 0 Å². The summed E-state index contributed by atoms with van der Waals surface area (Å²) in [6.45, 7) is 4.17. The first-order valence-corrected chi connectivity index (χ1v) is 10.6. The number of hydrogen-bond donors (Lipinski definition) is 1. The van der Waals surface area contributed by atoms with Gasteiger partial charge in [-0.05, 0) is 43.3 Å². The summed E-state index contributed by atoms with van der Waals surface area (Å²) in [4.78, 5) is 14.6. The molecular formula is C20H23FN2O4S. The Morgan fingerprint density at radius 3 is 2.46 bits per heavy atom. The zero-order valence-electron chi connectivity index (χ0n) is 15.6. The second kappa shape index (κ2) is 8.70. The first-order valence-electron chi connectivity index (χ1n) is 9.09. The SMILES string of the molecule is CC(CC(=O)Nc1ccccc1N1CCOCC1)S(=O)(=O)c1ccc(F)cc1. The Bertz CT molecular complexity index is 925. The van der Waals surface area contributed by atoms with E-state index in [2.05, 4.69) is 10.2 Å². The molecule has 1 N–H and O–H groups in total. The summed E-state index contributed by atoms with van der Waals surface area (Å²) in [6.07, 6.45) is -0.197. The molecule has 1 aliphatic heterocycles. The van der Waals surface area contributed by atoms with Crippen molar-refractivity contribution in [2.24, 2.45) is 0 Å². The summed E-state index contributed by atoms with van der Waals surface area (Å²) in [5.41, 5.74) is 1.52. The van der Waals surface area contributed by atoms with Gasteiger partial charge in [-0.1, -0.05) is 12.1 Å². The van der Waals surface area contributed by atoms with Gasteiger partial charge >= 0.3 is 0 Å². The molecule has 0 aliphatic carbocycles. The zero-order valence-corrected chi connectivity index (χ0v) is 16.4. The van der Waals surface area contributed by atoms with Crippen LogP contribution in [0.2, 0.25) is 0 Å². The lowest BCUT2D eigenvalue weighted by Gasteiger charge is -2.30. The molecule has 1 heterocycles. The normalized spacial score (nSPS) is 15.9. The van der Waals surface area contributed by atoms with Gasteiger partial charge in [0.25, 0.3) is 0 Å². The fourth-order valence-corrected chi connectivity index (χ4v) is 4.44. The molecule has 150 valence electrons. The van der Waals surface area contributed by atoms with Crippen LogP contribution in [-0.2, 0) is 19.4 Å². The molecule has 1 amide bonds. The molecule has 0 radical (unpaired) electrons. The second-order valence-electron chi connectivity index (χ2n) is 6.68. The molecule has 8 heteroatoms. The molecule has 0 bridgehead atoms. The van der Waals surface area contributed by atoms with Crippen LogP contribution in [0, 0.1) is 5.82 Å². The van der Waals surface area contributed by atoms with Crippen LogP contribution in [-0.4, -0.2) is 45.9 Å². The number of rotatable bonds is 6. The molecule has 1 atom stereocenters. The van der Waals surface area contributed by atoms with Crippen LogP contribution in [0.25, 0.3) is 0 Å². The number of nitrogens with zero attached hydrogens (tertiary/aromatic N) is 1. The topological polar surface area (TPSA) is 75.7 Å². The van der Waals surface area contributed by atoms with Crippen molar-refractivity contribution in [3.8, 4) is 0 Å². The Balaban J connectivity index is 1.69. The van der Waals surface area contributed by atoms with Crippen molar-refractivity contribution in [1.82, 2.24) is 0 Å². The van der Waals surface area contributed by atoms with E-state index >= 15 is 0 Å². The quantitative estimate of drug-likeness (QED) is 0.747. The van der Waals surface area contributed by atoms with E-state index in [-0.39, 0.29) is 17.2 Å². The summed E-state index contributed by atoms with van der Waals surface area (Å²) >= 11 is 0. The van der Waals surface area contributed by atoms with Gasteiger partial charge in [0, 0.05) is 19.5 Å². The minimum absolute atomic E-state index is 0.00270. The van der Waals surface area contributed by atoms with Gasteiger partial charge in [-0.3, -0.25) is 4.79 Å². The van der Waals surface area contributed by atoms with Crippen molar-refractivity contribution in [1.29, 1.82) is 0 Å². The third-order valence-corrected chi connectivity index (χ3v) is 6.83. The maximum absolute atomic E-state index is 13.0. The monoisotopic (exact) mass is 406 g/mol. The molecule has 2 aromatic carbocycles. The Morgan fingerprint density at radius 1 is 1.14 bits per heavy atom. The van der Waals surface area contributed by atoms with Gasteiger partial charge in [0.1, 0.15) is 5.82 Å². The van der Waals surface area contributed by atoms with Crippen LogP contribution in [0.5, 0.6) is 0 Å². The predicted molar refractivity (Wildman–Crippen MR) is 106 cm³/mol. The lowest BCUT2D eigenvalue weighted by molar-refractivity contribution is -0.116. The van der Waals surface area contributed by atoms with Gasteiger partial charge in [0.05, 0.1) is 34.7 Å². The fourth-order valence-electron chi connectivity index (χ4n) is 3.09. The van der Waals surface area contributed by atoms with Crippen molar-refractivity contribution in [3.63, 3.8) is 0 Å². The number of para-hydroxylation sites is 2. The summed E-state index contributed by atoms with van der Waals surface area (Å²) < 4.78 is 43.7. The Hall–Kier alpha value is -2.45. The second-order valence-corrected chi connectivity index (χ2v) is 9.04. The minimum Gasteiger partial charge on any atom is -0.378 e. The lowest BCUT2D eigenvalue weighted by Crippen LogP contribution is -2.36. The lowest BCUT2D eigenvalue weighted by atomic mass is 10.2. The zero-order chi connectivity index (χ0) is 20.1. The summed E-state index contributed by atoms with van der Waals surface area (Å²) in [7, 11) is -3.73. The molecule has 1 aliphatic rings. The van der Waals surface area contributed by atoms with Crippen LogP contribution in [0.1, 0.15) is 13.3 Å². The molecule has 0 saturated carbocycles. The number of carbonyl (C=O) groups excluding carboxylic acids is 1. The van der Waals surface area contributed by atoms with Crippen LogP contribution in [0.15, 0.2) is 53.4 Å². The minimum atomic E-state index is -3.73. The third-order valence-electron chi connectivity index (χ3n) is 4.67. The third kappa shape index (κ3) is 4.69. The van der Waals surface area contributed by atoms with Gasteiger partial charge in [-0.25, -0.2) is 12.8 Å². The number of amides is 1. The molecule has 6 nitrogen and oxygen atoms in total. The number of halogens is 1. The van der Waals surface area contributed by atoms with E-state index in [1.807, 2.05) is 18.2 Å². The standard InChI is InChI=1S/C20H23FN2O4S/c1-15(28(25,26)17-8-6-16(21)7-9-17)14-20(24)22-18-4-2-3-5-19(18)23-10-12-27-13-11-23/h2-9,15H,10-14H2,1H3,(H,22,24). The molecular weight excluding hydrogens is 383 g/mol. The van der Waals surface area contributed by atoms with E-state index < -0.39 is 20.9 Å². The van der Waals surface area contributed by atoms with Crippen molar-refractivity contribution in [2.45, 2.75) is 23.5 Å². The van der Waals surface area contributed by atoms with E-state index in [1.165, 1.54) is 19.1 Å². The van der Waals surface area contributed by atoms with Gasteiger partial charge < -0.3 is 15.0 Å². The van der Waals surface area contributed by atoms with Crippen LogP contribution in [0.4, 0.5) is 15.8 Å². The number of benzene rings is 2. The van der Waals surface area contributed by atoms with Gasteiger partial charge in [-0.2, -0.15) is 0 Å². The van der Waals surface area contributed by atoms with Crippen molar-refractivity contribution in [2.75, 3.05) is 36.5 Å². The maximum atomic E-state index is 13.0. The molecule has 1 fully saturated rings. The smallest absolute Gasteiger partial charge is 0.225 e. The number of nitrogens with one attached hydrogen (secondary N) is 1. The molecule has 0 aromatic heterocycles. The Labute approximate surface area is 164 Å². The van der Waals surface area contributed by atoms with Gasteiger partial charge in [0.2, 0.25) is 5.91 Å². The first kappa shape index (κ1) is 20.3. The average Bonchev–Trinajstić information content (AvgIpc) is 2.69. The van der Waals surface area contributed by atoms with Gasteiger partial charge in [0.15, 0.2) is 9.84 Å². The van der Waals surface area contributed by atoms with E-state index in [0.717, 1.165) is 30.9 Å².